The Morgan fingerprint density at radius 1 is 1.47 bits per heavy atom. The highest BCUT2D eigenvalue weighted by Crippen LogP contribution is 2.25. The van der Waals surface area contributed by atoms with Crippen molar-refractivity contribution in [2.75, 3.05) is 24.6 Å². The molecule has 104 valence electrons. The second-order valence-electron chi connectivity index (χ2n) is 3.92. The second kappa shape index (κ2) is 6.69. The average molecular weight is 268 g/mol. The van der Waals surface area contributed by atoms with E-state index in [0.29, 0.717) is 25.2 Å². The third kappa shape index (κ3) is 3.65. The van der Waals surface area contributed by atoms with Crippen molar-refractivity contribution in [3.63, 3.8) is 0 Å². The number of benzene rings is 1. The van der Waals surface area contributed by atoms with Crippen molar-refractivity contribution in [2.45, 2.75) is 13.3 Å². The zero-order valence-corrected chi connectivity index (χ0v) is 10.6. The minimum absolute atomic E-state index is 0.0335. The summed E-state index contributed by atoms with van der Waals surface area (Å²) in [7, 11) is 0. The number of carboxylic acid groups (broad SMARTS) is 1. The van der Waals surface area contributed by atoms with Gasteiger partial charge in [0.25, 0.3) is 5.69 Å². The standard InChI is InChI=1S/C12H16N2O5/c1-2-13(6-3-7-15)9-4-5-10(12(16)17)11(8-9)14(18)19/h4-5,8,15H,2-3,6-7H2,1H3,(H,16,17). The first kappa shape index (κ1) is 14.9. The normalized spacial score (nSPS) is 10.2. The monoisotopic (exact) mass is 268 g/mol. The van der Waals surface area contributed by atoms with Gasteiger partial charge in [-0.1, -0.05) is 0 Å². The second-order valence-corrected chi connectivity index (χ2v) is 3.92. The van der Waals surface area contributed by atoms with E-state index in [0.717, 1.165) is 0 Å². The molecule has 2 N–H and O–H groups in total. The first-order valence-electron chi connectivity index (χ1n) is 5.88. The summed E-state index contributed by atoms with van der Waals surface area (Å²) < 4.78 is 0. The Bertz CT molecular complexity index is 475. The molecular weight excluding hydrogens is 252 g/mol. The number of hydrogen-bond acceptors (Lipinski definition) is 5. The molecule has 7 nitrogen and oxygen atoms in total. The summed E-state index contributed by atoms with van der Waals surface area (Å²) >= 11 is 0. The van der Waals surface area contributed by atoms with Gasteiger partial charge in [0.15, 0.2) is 0 Å². The van der Waals surface area contributed by atoms with Gasteiger partial charge in [0.2, 0.25) is 0 Å². The molecule has 0 atom stereocenters. The Balaban J connectivity index is 3.13. The van der Waals surface area contributed by atoms with E-state index in [9.17, 15) is 14.9 Å². The molecule has 0 saturated carbocycles. The first-order valence-corrected chi connectivity index (χ1v) is 5.88. The molecule has 1 aromatic rings. The number of nitro groups is 1. The van der Waals surface area contributed by atoms with Crippen LogP contribution in [0.1, 0.15) is 23.7 Å². The molecule has 0 unspecified atom stereocenters. The van der Waals surface area contributed by atoms with Crippen LogP contribution < -0.4 is 4.90 Å². The van der Waals surface area contributed by atoms with Crippen molar-refractivity contribution >= 4 is 17.3 Å². The fraction of sp³-hybridized carbons (Fsp3) is 0.417. The van der Waals surface area contributed by atoms with Crippen LogP contribution in [0.4, 0.5) is 11.4 Å². The molecule has 0 radical (unpaired) electrons. The van der Waals surface area contributed by atoms with E-state index in [-0.39, 0.29) is 12.2 Å². The number of anilines is 1. The lowest BCUT2D eigenvalue weighted by Crippen LogP contribution is -2.24. The molecule has 0 saturated heterocycles. The van der Waals surface area contributed by atoms with E-state index in [1.165, 1.54) is 18.2 Å². The van der Waals surface area contributed by atoms with Crippen molar-refractivity contribution in [1.29, 1.82) is 0 Å². The molecule has 7 heteroatoms. The number of hydrogen-bond donors (Lipinski definition) is 2. The van der Waals surface area contributed by atoms with Crippen molar-refractivity contribution in [3.05, 3.63) is 33.9 Å². The highest BCUT2D eigenvalue weighted by Gasteiger charge is 2.21. The molecule has 0 aromatic heterocycles. The van der Waals surface area contributed by atoms with Gasteiger partial charge >= 0.3 is 5.97 Å². The maximum absolute atomic E-state index is 10.9. The van der Waals surface area contributed by atoms with Gasteiger partial charge in [0.05, 0.1) is 4.92 Å². The van der Waals surface area contributed by atoms with Crippen LogP contribution in [0.2, 0.25) is 0 Å². The molecule has 0 aliphatic carbocycles. The summed E-state index contributed by atoms with van der Waals surface area (Å²) in [5.41, 5.74) is -0.174. The van der Waals surface area contributed by atoms with Crippen LogP contribution in [0.15, 0.2) is 18.2 Å². The number of nitrogens with zero attached hydrogens (tertiary/aromatic N) is 2. The quantitative estimate of drug-likeness (QED) is 0.573. The summed E-state index contributed by atoms with van der Waals surface area (Å²) in [6.07, 6.45) is 0.544. The molecule has 19 heavy (non-hydrogen) atoms. The van der Waals surface area contributed by atoms with Gasteiger partial charge in [-0.05, 0) is 25.5 Å². The molecular formula is C12H16N2O5. The fourth-order valence-corrected chi connectivity index (χ4v) is 1.78. The maximum atomic E-state index is 10.9. The van der Waals surface area contributed by atoms with E-state index >= 15 is 0 Å². The van der Waals surface area contributed by atoms with Gasteiger partial charge in [-0.25, -0.2) is 4.79 Å². The summed E-state index contributed by atoms with van der Waals surface area (Å²) in [4.78, 5) is 22.9. The lowest BCUT2D eigenvalue weighted by atomic mass is 10.1. The number of nitro benzene ring substituents is 1. The number of aliphatic hydroxyl groups is 1. The predicted molar refractivity (Wildman–Crippen MR) is 69.6 cm³/mol. The summed E-state index contributed by atoms with van der Waals surface area (Å²) in [5.74, 6) is -1.32. The number of aromatic carboxylic acids is 1. The number of carboxylic acids is 1. The minimum atomic E-state index is -1.32. The molecule has 0 spiro atoms. The van der Waals surface area contributed by atoms with Crippen LogP contribution in [0.25, 0.3) is 0 Å². The van der Waals surface area contributed by atoms with Gasteiger partial charge in [0.1, 0.15) is 5.56 Å². The third-order valence-electron chi connectivity index (χ3n) is 2.74. The van der Waals surface area contributed by atoms with Crippen molar-refractivity contribution in [3.8, 4) is 0 Å². The molecule has 0 amide bonds. The Hall–Kier alpha value is -2.15. The Kier molecular flexibility index (Phi) is 5.25. The van der Waals surface area contributed by atoms with E-state index < -0.39 is 16.6 Å². The molecule has 1 aromatic carbocycles. The highest BCUT2D eigenvalue weighted by atomic mass is 16.6. The lowest BCUT2D eigenvalue weighted by molar-refractivity contribution is -0.385. The van der Waals surface area contributed by atoms with Crippen molar-refractivity contribution < 1.29 is 19.9 Å². The SMILES string of the molecule is CCN(CCCO)c1ccc(C(=O)O)c([N+](=O)[O-])c1. The van der Waals surface area contributed by atoms with Gasteiger partial charge in [-0.3, -0.25) is 10.1 Å². The van der Waals surface area contributed by atoms with Crippen LogP contribution in [-0.2, 0) is 0 Å². The van der Waals surface area contributed by atoms with Crippen LogP contribution in [-0.4, -0.2) is 40.8 Å². The van der Waals surface area contributed by atoms with Gasteiger partial charge < -0.3 is 15.1 Å². The van der Waals surface area contributed by atoms with Crippen LogP contribution in [0, 0.1) is 10.1 Å². The van der Waals surface area contributed by atoms with Crippen LogP contribution in [0.5, 0.6) is 0 Å². The number of aliphatic hydroxyl groups excluding tert-OH is 1. The van der Waals surface area contributed by atoms with Gasteiger partial charge in [-0.2, -0.15) is 0 Å². The Morgan fingerprint density at radius 3 is 2.63 bits per heavy atom. The highest BCUT2D eigenvalue weighted by molar-refractivity contribution is 5.93. The summed E-state index contributed by atoms with van der Waals surface area (Å²) in [5, 5.41) is 28.6. The zero-order chi connectivity index (χ0) is 14.4. The van der Waals surface area contributed by atoms with Crippen LogP contribution in [0.3, 0.4) is 0 Å². The summed E-state index contributed by atoms with van der Waals surface area (Å²) in [6, 6.07) is 4.03. The zero-order valence-electron chi connectivity index (χ0n) is 10.6. The molecule has 0 aliphatic heterocycles. The maximum Gasteiger partial charge on any atom is 0.342 e. The smallest absolute Gasteiger partial charge is 0.342 e. The minimum Gasteiger partial charge on any atom is -0.477 e. The lowest BCUT2D eigenvalue weighted by Gasteiger charge is -2.22. The number of rotatable bonds is 7. The van der Waals surface area contributed by atoms with Crippen molar-refractivity contribution in [2.24, 2.45) is 0 Å². The predicted octanol–water partition coefficient (Wildman–Crippen LogP) is 1.50. The van der Waals surface area contributed by atoms with E-state index in [1.54, 1.807) is 0 Å². The fourth-order valence-electron chi connectivity index (χ4n) is 1.78. The average Bonchev–Trinajstić information content (AvgIpc) is 2.39. The first-order chi connectivity index (χ1) is 9.01. The largest absolute Gasteiger partial charge is 0.477 e. The topological polar surface area (TPSA) is 104 Å². The molecule has 0 fully saturated rings. The van der Waals surface area contributed by atoms with Crippen molar-refractivity contribution in [1.82, 2.24) is 0 Å². The van der Waals surface area contributed by atoms with E-state index in [2.05, 4.69) is 0 Å². The third-order valence-corrected chi connectivity index (χ3v) is 2.74. The van der Waals surface area contributed by atoms with E-state index in [1.807, 2.05) is 11.8 Å². The molecule has 0 aliphatic rings. The molecule has 0 bridgehead atoms. The Labute approximate surface area is 110 Å². The van der Waals surface area contributed by atoms with E-state index in [4.69, 9.17) is 10.2 Å². The summed E-state index contributed by atoms with van der Waals surface area (Å²) in [6.45, 7) is 3.08. The van der Waals surface area contributed by atoms with Crippen LogP contribution >= 0.6 is 0 Å². The molecule has 1 rings (SSSR count). The number of carbonyl (C=O) groups is 1. The Morgan fingerprint density at radius 2 is 2.16 bits per heavy atom. The molecule has 0 heterocycles. The van der Waals surface area contributed by atoms with Gasteiger partial charge in [0, 0.05) is 31.5 Å². The van der Waals surface area contributed by atoms with Gasteiger partial charge in [-0.15, -0.1) is 0 Å².